The van der Waals surface area contributed by atoms with Crippen molar-refractivity contribution in [2.45, 2.75) is 31.4 Å². The number of anilines is 3. The lowest BCUT2D eigenvalue weighted by Gasteiger charge is -2.16. The van der Waals surface area contributed by atoms with Crippen LogP contribution in [-0.4, -0.2) is 56.9 Å². The van der Waals surface area contributed by atoms with Gasteiger partial charge in [-0.05, 0) is 31.4 Å². The van der Waals surface area contributed by atoms with Crippen LogP contribution in [0.2, 0.25) is 0 Å². The predicted octanol–water partition coefficient (Wildman–Crippen LogP) is 1.56. The monoisotopic (exact) mass is 397 g/mol. The van der Waals surface area contributed by atoms with Gasteiger partial charge in [0.2, 0.25) is 5.88 Å². The van der Waals surface area contributed by atoms with Crippen molar-refractivity contribution < 1.29 is 14.6 Å². The fraction of sp³-hybridized carbons (Fsp3) is 0.368. The number of carbonyl (C=O) groups excluding carboxylic acids is 1. The molecule has 4 N–H and O–H groups in total. The second-order valence-electron chi connectivity index (χ2n) is 6.83. The number of aromatic nitrogens is 4. The highest BCUT2D eigenvalue weighted by molar-refractivity contribution is 6.00. The fourth-order valence-corrected chi connectivity index (χ4v) is 3.51. The Bertz CT molecular complexity index is 1040. The number of methoxy groups -OCH3 is 1. The van der Waals surface area contributed by atoms with E-state index in [9.17, 15) is 9.90 Å². The van der Waals surface area contributed by atoms with Crippen LogP contribution in [0.4, 0.5) is 17.3 Å². The largest absolute Gasteiger partial charge is 0.480 e. The van der Waals surface area contributed by atoms with E-state index in [1.807, 2.05) is 6.07 Å². The minimum absolute atomic E-state index is 0.248. The molecule has 0 radical (unpaired) electrons. The molecule has 0 bridgehead atoms. The topological polar surface area (TPSA) is 126 Å². The molecule has 29 heavy (non-hydrogen) atoms. The average Bonchev–Trinajstić information content (AvgIpc) is 3.34. The van der Waals surface area contributed by atoms with Crippen molar-refractivity contribution in [3.05, 3.63) is 36.2 Å². The van der Waals surface area contributed by atoms with Gasteiger partial charge in [-0.2, -0.15) is 9.61 Å². The molecule has 10 nitrogen and oxygen atoms in total. The number of hydrogen-bond acceptors (Lipinski definition) is 8. The SMILES string of the molecule is CNc1cc(Nc2cccnc2OC)nc2c(C(=O)NC3CCCC3O)cnn12. The van der Waals surface area contributed by atoms with E-state index in [0.29, 0.717) is 40.8 Å². The Balaban J connectivity index is 1.68. The van der Waals surface area contributed by atoms with Crippen molar-refractivity contribution in [1.82, 2.24) is 24.9 Å². The van der Waals surface area contributed by atoms with Gasteiger partial charge in [0.25, 0.3) is 5.91 Å². The van der Waals surface area contributed by atoms with Crippen LogP contribution < -0.4 is 20.7 Å². The van der Waals surface area contributed by atoms with E-state index >= 15 is 0 Å². The van der Waals surface area contributed by atoms with Gasteiger partial charge in [-0.15, -0.1) is 0 Å². The Labute approximate surface area is 167 Å². The number of fused-ring (bicyclic) bond motifs is 1. The molecule has 3 aromatic heterocycles. The highest BCUT2D eigenvalue weighted by Gasteiger charge is 2.28. The minimum Gasteiger partial charge on any atom is -0.480 e. The molecule has 4 rings (SSSR count). The van der Waals surface area contributed by atoms with Gasteiger partial charge in [-0.3, -0.25) is 4.79 Å². The summed E-state index contributed by atoms with van der Waals surface area (Å²) in [6.45, 7) is 0. The smallest absolute Gasteiger partial charge is 0.257 e. The number of pyridine rings is 1. The first-order valence-corrected chi connectivity index (χ1v) is 9.42. The number of nitrogens with zero attached hydrogens (tertiary/aromatic N) is 4. The van der Waals surface area contributed by atoms with Crippen molar-refractivity contribution >= 4 is 28.9 Å². The van der Waals surface area contributed by atoms with E-state index in [0.717, 1.165) is 12.8 Å². The zero-order chi connectivity index (χ0) is 20.4. The molecule has 1 aliphatic carbocycles. The van der Waals surface area contributed by atoms with Gasteiger partial charge in [-0.25, -0.2) is 9.97 Å². The summed E-state index contributed by atoms with van der Waals surface area (Å²) in [5.74, 6) is 1.28. The fourth-order valence-electron chi connectivity index (χ4n) is 3.51. The number of aliphatic hydroxyl groups is 1. The van der Waals surface area contributed by atoms with E-state index in [1.54, 1.807) is 37.0 Å². The van der Waals surface area contributed by atoms with Gasteiger partial charge in [0, 0.05) is 19.3 Å². The van der Waals surface area contributed by atoms with Crippen LogP contribution in [0, 0.1) is 0 Å². The normalized spacial score (nSPS) is 18.6. The molecule has 1 amide bonds. The van der Waals surface area contributed by atoms with E-state index in [-0.39, 0.29) is 11.9 Å². The molecule has 1 aliphatic rings. The highest BCUT2D eigenvalue weighted by atomic mass is 16.5. The molecule has 3 aromatic rings. The molecular formula is C19H23N7O3. The lowest BCUT2D eigenvalue weighted by atomic mass is 10.2. The van der Waals surface area contributed by atoms with Crippen molar-refractivity contribution in [3.8, 4) is 5.88 Å². The van der Waals surface area contributed by atoms with Gasteiger partial charge in [0.15, 0.2) is 5.65 Å². The summed E-state index contributed by atoms with van der Waals surface area (Å²) >= 11 is 0. The van der Waals surface area contributed by atoms with Crippen LogP contribution >= 0.6 is 0 Å². The summed E-state index contributed by atoms with van der Waals surface area (Å²) in [4.78, 5) is 21.5. The van der Waals surface area contributed by atoms with Crippen molar-refractivity contribution in [3.63, 3.8) is 0 Å². The Morgan fingerprint density at radius 1 is 1.38 bits per heavy atom. The molecule has 0 spiro atoms. The van der Waals surface area contributed by atoms with Crippen molar-refractivity contribution in [1.29, 1.82) is 0 Å². The third-order valence-electron chi connectivity index (χ3n) is 5.00. The second-order valence-corrected chi connectivity index (χ2v) is 6.83. The number of nitrogens with one attached hydrogen (secondary N) is 3. The molecule has 10 heteroatoms. The molecular weight excluding hydrogens is 374 g/mol. The summed E-state index contributed by atoms with van der Waals surface area (Å²) in [6, 6.07) is 5.13. The number of hydrogen-bond donors (Lipinski definition) is 4. The number of ether oxygens (including phenoxy) is 1. The van der Waals surface area contributed by atoms with E-state index < -0.39 is 6.10 Å². The number of amides is 1. The maximum atomic E-state index is 12.8. The van der Waals surface area contributed by atoms with Crippen LogP contribution in [0.1, 0.15) is 29.6 Å². The van der Waals surface area contributed by atoms with E-state index in [1.165, 1.54) is 6.20 Å². The summed E-state index contributed by atoms with van der Waals surface area (Å²) in [5.41, 5.74) is 1.38. The second kappa shape index (κ2) is 7.92. The summed E-state index contributed by atoms with van der Waals surface area (Å²) < 4.78 is 6.83. The lowest BCUT2D eigenvalue weighted by molar-refractivity contribution is 0.0874. The highest BCUT2D eigenvalue weighted by Crippen LogP contribution is 2.27. The van der Waals surface area contributed by atoms with E-state index in [2.05, 4.69) is 31.0 Å². The maximum Gasteiger partial charge on any atom is 0.257 e. The minimum atomic E-state index is -0.517. The molecule has 2 unspecified atom stereocenters. The lowest BCUT2D eigenvalue weighted by Crippen LogP contribution is -2.39. The van der Waals surface area contributed by atoms with Crippen molar-refractivity contribution in [2.75, 3.05) is 24.8 Å². The molecule has 0 aliphatic heterocycles. The van der Waals surface area contributed by atoms with Gasteiger partial charge in [0.05, 0.1) is 25.5 Å². The maximum absolute atomic E-state index is 12.8. The first-order valence-electron chi connectivity index (χ1n) is 9.42. The zero-order valence-corrected chi connectivity index (χ0v) is 16.2. The first-order chi connectivity index (χ1) is 14.1. The van der Waals surface area contributed by atoms with E-state index in [4.69, 9.17) is 4.74 Å². The summed E-state index contributed by atoms with van der Waals surface area (Å²) in [7, 11) is 3.31. The Morgan fingerprint density at radius 3 is 2.97 bits per heavy atom. The summed E-state index contributed by atoms with van der Waals surface area (Å²) in [5, 5.41) is 23.4. The zero-order valence-electron chi connectivity index (χ0n) is 16.2. The predicted molar refractivity (Wildman–Crippen MR) is 108 cm³/mol. The van der Waals surface area contributed by atoms with Crippen LogP contribution in [0.25, 0.3) is 5.65 Å². The van der Waals surface area contributed by atoms with Crippen LogP contribution in [-0.2, 0) is 0 Å². The number of carbonyl (C=O) groups is 1. The van der Waals surface area contributed by atoms with Crippen molar-refractivity contribution in [2.24, 2.45) is 0 Å². The third kappa shape index (κ3) is 3.66. The average molecular weight is 397 g/mol. The standard InChI is InChI=1S/C19H23N7O3/c1-20-16-9-15(23-13-6-4-8-21-19(13)29-2)25-17-11(10-22-26(16)17)18(28)24-12-5-3-7-14(12)27/h4,6,8-10,12,14,20,27H,3,5,7H2,1-2H3,(H,23,25)(H,24,28). The van der Waals surface area contributed by atoms with Gasteiger partial charge < -0.3 is 25.8 Å². The quantitative estimate of drug-likeness (QED) is 0.494. The Hall–Kier alpha value is -3.40. The first kappa shape index (κ1) is 18.9. The molecule has 152 valence electrons. The Kier molecular flexibility index (Phi) is 5.17. The molecule has 3 heterocycles. The molecule has 0 aromatic carbocycles. The van der Waals surface area contributed by atoms with Gasteiger partial charge in [-0.1, -0.05) is 0 Å². The van der Waals surface area contributed by atoms with Crippen LogP contribution in [0.15, 0.2) is 30.6 Å². The number of rotatable bonds is 6. The van der Waals surface area contributed by atoms with Crippen LogP contribution in [0.5, 0.6) is 5.88 Å². The number of aliphatic hydroxyl groups excluding tert-OH is 1. The third-order valence-corrected chi connectivity index (χ3v) is 5.00. The Morgan fingerprint density at radius 2 is 2.24 bits per heavy atom. The molecule has 2 atom stereocenters. The van der Waals surface area contributed by atoms with Gasteiger partial charge in [0.1, 0.15) is 22.9 Å². The molecule has 0 saturated heterocycles. The van der Waals surface area contributed by atoms with Crippen LogP contribution in [0.3, 0.4) is 0 Å². The van der Waals surface area contributed by atoms with Gasteiger partial charge >= 0.3 is 0 Å². The summed E-state index contributed by atoms with van der Waals surface area (Å²) in [6.07, 6.45) is 4.95. The molecule has 1 fully saturated rings. The molecule has 1 saturated carbocycles.